The lowest BCUT2D eigenvalue weighted by Gasteiger charge is -2.19. The zero-order valence-corrected chi connectivity index (χ0v) is 20.7. The molecule has 1 N–H and O–H groups in total. The van der Waals surface area contributed by atoms with Gasteiger partial charge >= 0.3 is 0 Å². The van der Waals surface area contributed by atoms with Crippen molar-refractivity contribution >= 4 is 27.0 Å². The third kappa shape index (κ3) is 5.06. The van der Waals surface area contributed by atoms with E-state index < -0.39 is 15.9 Å². The summed E-state index contributed by atoms with van der Waals surface area (Å²) in [6.07, 6.45) is 0. The third-order valence-electron chi connectivity index (χ3n) is 5.82. The first kappa shape index (κ1) is 24.4. The number of rotatable bonds is 9. The Kier molecular flexibility index (Phi) is 7.18. The van der Waals surface area contributed by atoms with Gasteiger partial charge in [-0.05, 0) is 42.8 Å². The van der Waals surface area contributed by atoms with Gasteiger partial charge in [-0.25, -0.2) is 13.4 Å². The molecule has 0 aliphatic heterocycles. The number of nitrogens with zero attached hydrogens (tertiary/aromatic N) is 3. The molecule has 0 atom stereocenters. The maximum Gasteiger partial charge on any atom is 0.251 e. The van der Waals surface area contributed by atoms with Crippen LogP contribution in [0, 0.1) is 0 Å². The fraction of sp³-hybridized carbons (Fsp3) is 0.231. The molecular formula is C26H28N4O4S. The van der Waals surface area contributed by atoms with Crippen molar-refractivity contribution in [1.29, 1.82) is 0 Å². The van der Waals surface area contributed by atoms with Crippen LogP contribution in [0.1, 0.15) is 28.7 Å². The van der Waals surface area contributed by atoms with E-state index in [1.807, 2.05) is 66.1 Å². The molecule has 3 aromatic carbocycles. The first-order valence-electron chi connectivity index (χ1n) is 11.3. The molecule has 182 valence electrons. The van der Waals surface area contributed by atoms with Gasteiger partial charge in [-0.1, -0.05) is 42.5 Å². The zero-order valence-electron chi connectivity index (χ0n) is 19.9. The van der Waals surface area contributed by atoms with Gasteiger partial charge in [-0.2, -0.15) is 4.31 Å². The minimum atomic E-state index is -3.92. The molecule has 0 bridgehead atoms. The van der Waals surface area contributed by atoms with Gasteiger partial charge in [0.2, 0.25) is 10.0 Å². The lowest BCUT2D eigenvalue weighted by Crippen LogP contribution is -2.28. The van der Waals surface area contributed by atoms with Crippen molar-refractivity contribution in [3.63, 3.8) is 0 Å². The Bertz CT molecular complexity index is 1450. The summed E-state index contributed by atoms with van der Waals surface area (Å²) in [6.45, 7) is 3.13. The number of hydrogen-bond acceptors (Lipinski definition) is 5. The summed E-state index contributed by atoms with van der Waals surface area (Å²) in [5.74, 6) is 0.504. The average Bonchev–Trinajstić information content (AvgIpc) is 3.24. The number of sulfonamides is 1. The second-order valence-corrected chi connectivity index (χ2v) is 10.1. The fourth-order valence-electron chi connectivity index (χ4n) is 3.99. The van der Waals surface area contributed by atoms with Gasteiger partial charge in [-0.15, -0.1) is 0 Å². The van der Waals surface area contributed by atoms with Crippen molar-refractivity contribution in [3.05, 3.63) is 89.7 Å². The van der Waals surface area contributed by atoms with Crippen LogP contribution >= 0.6 is 0 Å². The number of aromatic nitrogens is 2. The SMILES string of the molecule is CCn1c(CNC(=O)c2ccc(OC)c(S(=O)(=O)N(C)Cc3ccccc3)c2)nc2ccccc21. The Morgan fingerprint density at radius 2 is 1.77 bits per heavy atom. The number of carbonyl (C=O) groups excluding carboxylic acids is 1. The first-order chi connectivity index (χ1) is 16.8. The van der Waals surface area contributed by atoms with Crippen molar-refractivity contribution in [1.82, 2.24) is 19.2 Å². The summed E-state index contributed by atoms with van der Waals surface area (Å²) in [4.78, 5) is 17.5. The van der Waals surface area contributed by atoms with Gasteiger partial charge in [0.15, 0.2) is 0 Å². The van der Waals surface area contributed by atoms with E-state index in [1.54, 1.807) is 6.07 Å². The maximum absolute atomic E-state index is 13.4. The number of fused-ring (bicyclic) bond motifs is 1. The number of methoxy groups -OCH3 is 1. The highest BCUT2D eigenvalue weighted by Crippen LogP contribution is 2.28. The number of hydrogen-bond donors (Lipinski definition) is 1. The van der Waals surface area contributed by atoms with Gasteiger partial charge in [0, 0.05) is 25.7 Å². The highest BCUT2D eigenvalue weighted by molar-refractivity contribution is 7.89. The van der Waals surface area contributed by atoms with Gasteiger partial charge in [0.05, 0.1) is 24.7 Å². The van der Waals surface area contributed by atoms with Crippen molar-refractivity contribution in [2.75, 3.05) is 14.2 Å². The summed E-state index contributed by atoms with van der Waals surface area (Å²) < 4.78 is 35.3. The zero-order chi connectivity index (χ0) is 25.0. The second kappa shape index (κ2) is 10.3. The van der Waals surface area contributed by atoms with Gasteiger partial charge in [-0.3, -0.25) is 4.79 Å². The molecule has 4 rings (SSSR count). The van der Waals surface area contributed by atoms with Crippen molar-refractivity contribution in [2.24, 2.45) is 0 Å². The van der Waals surface area contributed by atoms with Crippen LogP contribution in [0.15, 0.2) is 77.7 Å². The predicted molar refractivity (Wildman–Crippen MR) is 135 cm³/mol. The van der Waals surface area contributed by atoms with E-state index in [0.717, 1.165) is 22.4 Å². The van der Waals surface area contributed by atoms with E-state index in [1.165, 1.54) is 30.6 Å². The van der Waals surface area contributed by atoms with E-state index in [2.05, 4.69) is 10.3 Å². The van der Waals surface area contributed by atoms with E-state index in [9.17, 15) is 13.2 Å². The lowest BCUT2D eigenvalue weighted by molar-refractivity contribution is 0.0949. The Morgan fingerprint density at radius 1 is 1.06 bits per heavy atom. The molecule has 1 amide bonds. The molecule has 1 heterocycles. The summed E-state index contributed by atoms with van der Waals surface area (Å²) >= 11 is 0. The van der Waals surface area contributed by atoms with Crippen LogP contribution in [0.25, 0.3) is 11.0 Å². The molecule has 1 aromatic heterocycles. The van der Waals surface area contributed by atoms with Crippen LogP contribution in [0.5, 0.6) is 5.75 Å². The first-order valence-corrected chi connectivity index (χ1v) is 12.7. The molecule has 0 aliphatic carbocycles. The predicted octanol–water partition coefficient (Wildman–Crippen LogP) is 3.82. The number of benzene rings is 3. The molecule has 9 heteroatoms. The quantitative estimate of drug-likeness (QED) is 0.383. The number of nitrogens with one attached hydrogen (secondary N) is 1. The summed E-state index contributed by atoms with van der Waals surface area (Å²) in [5.41, 5.74) is 2.93. The molecule has 0 saturated heterocycles. The number of aryl methyl sites for hydroxylation is 1. The molecule has 0 fully saturated rings. The van der Waals surface area contributed by atoms with Crippen molar-refractivity contribution in [3.8, 4) is 5.75 Å². The molecule has 0 radical (unpaired) electrons. The van der Waals surface area contributed by atoms with E-state index in [4.69, 9.17) is 4.74 Å². The molecule has 0 unspecified atom stereocenters. The number of para-hydroxylation sites is 2. The molecule has 8 nitrogen and oxygen atoms in total. The van der Waals surface area contributed by atoms with Crippen LogP contribution in [0.4, 0.5) is 0 Å². The fourth-order valence-corrected chi connectivity index (χ4v) is 5.32. The lowest BCUT2D eigenvalue weighted by atomic mass is 10.2. The Hall–Kier alpha value is -3.69. The third-order valence-corrected chi connectivity index (χ3v) is 7.64. The number of imidazole rings is 1. The molecule has 0 aliphatic rings. The van der Waals surface area contributed by atoms with Gasteiger partial charge in [0.1, 0.15) is 16.5 Å². The molecule has 4 aromatic rings. The van der Waals surface area contributed by atoms with Crippen molar-refractivity contribution in [2.45, 2.75) is 31.5 Å². The van der Waals surface area contributed by atoms with E-state index >= 15 is 0 Å². The van der Waals surface area contributed by atoms with Gasteiger partial charge < -0.3 is 14.6 Å². The largest absolute Gasteiger partial charge is 0.495 e. The normalized spacial score (nSPS) is 11.7. The highest BCUT2D eigenvalue weighted by Gasteiger charge is 2.26. The minimum absolute atomic E-state index is 0.0631. The summed E-state index contributed by atoms with van der Waals surface area (Å²) in [6, 6.07) is 21.5. The monoisotopic (exact) mass is 492 g/mol. The Balaban J connectivity index is 1.57. The molecule has 0 spiro atoms. The van der Waals surface area contributed by atoms with Crippen molar-refractivity contribution < 1.29 is 17.9 Å². The smallest absolute Gasteiger partial charge is 0.251 e. The molecule has 0 saturated carbocycles. The van der Waals surface area contributed by atoms with Crippen LogP contribution < -0.4 is 10.1 Å². The maximum atomic E-state index is 13.4. The number of ether oxygens (including phenoxy) is 1. The van der Waals surface area contributed by atoms with Crippen LogP contribution in [-0.4, -0.2) is 42.3 Å². The Morgan fingerprint density at radius 3 is 2.49 bits per heavy atom. The standard InChI is InChI=1S/C26H28N4O4S/c1-4-30-22-13-9-8-12-21(22)28-25(30)17-27-26(31)20-14-15-23(34-3)24(16-20)35(32,33)29(2)18-19-10-6-5-7-11-19/h5-16H,4,17-18H2,1-3H3,(H,27,31). The number of amides is 1. The second-order valence-electron chi connectivity index (χ2n) is 8.06. The number of carbonyl (C=O) groups is 1. The summed E-state index contributed by atoms with van der Waals surface area (Å²) in [5, 5.41) is 2.86. The minimum Gasteiger partial charge on any atom is -0.495 e. The van der Waals surface area contributed by atoms with E-state index in [0.29, 0.717) is 6.54 Å². The van der Waals surface area contributed by atoms with Crippen LogP contribution in [0.2, 0.25) is 0 Å². The van der Waals surface area contributed by atoms with E-state index in [-0.39, 0.29) is 29.3 Å². The van der Waals surface area contributed by atoms with Gasteiger partial charge in [0.25, 0.3) is 5.91 Å². The molecule has 35 heavy (non-hydrogen) atoms. The Labute approximate surface area is 205 Å². The topological polar surface area (TPSA) is 93.5 Å². The summed E-state index contributed by atoms with van der Waals surface area (Å²) in [7, 11) is -1.01. The molecular weight excluding hydrogens is 464 g/mol. The average molecular weight is 493 g/mol. The van der Waals surface area contributed by atoms with Crippen LogP contribution in [0.3, 0.4) is 0 Å². The highest BCUT2D eigenvalue weighted by atomic mass is 32.2. The van der Waals surface area contributed by atoms with Crippen LogP contribution in [-0.2, 0) is 29.7 Å².